The molecule has 0 atom stereocenters. The molecule has 0 aromatic heterocycles. The molecule has 1 amide bonds. The van der Waals surface area contributed by atoms with Crippen LogP contribution in [0.25, 0.3) is 0 Å². The molecule has 5 heteroatoms. The van der Waals surface area contributed by atoms with Gasteiger partial charge in [0.2, 0.25) is 5.91 Å². The Kier molecular flexibility index (Phi) is 7.16. The highest BCUT2D eigenvalue weighted by molar-refractivity contribution is 5.78. The summed E-state index contributed by atoms with van der Waals surface area (Å²) in [6, 6.07) is 0.321. The van der Waals surface area contributed by atoms with Crippen LogP contribution in [0.5, 0.6) is 0 Å². The van der Waals surface area contributed by atoms with Crippen molar-refractivity contribution in [2.45, 2.75) is 38.1 Å². The lowest BCUT2D eigenvalue weighted by Crippen LogP contribution is -2.44. The maximum Gasteiger partial charge on any atom is 0.234 e. The van der Waals surface area contributed by atoms with E-state index in [1.54, 1.807) is 4.90 Å². The molecule has 1 rings (SSSR count). The van der Waals surface area contributed by atoms with Crippen LogP contribution >= 0.6 is 0 Å². The first-order valence-corrected chi connectivity index (χ1v) is 6.49. The molecule has 0 unspecified atom stereocenters. The molecule has 0 bridgehead atoms. The Morgan fingerprint density at radius 2 is 1.71 bits per heavy atom. The fraction of sp³-hybridized carbons (Fsp3) is 0.917. The van der Waals surface area contributed by atoms with Crippen molar-refractivity contribution in [3.63, 3.8) is 0 Å². The summed E-state index contributed by atoms with van der Waals surface area (Å²) in [5.41, 5.74) is 0. The number of rotatable bonds is 7. The third kappa shape index (κ3) is 6.00. The van der Waals surface area contributed by atoms with E-state index in [4.69, 9.17) is 10.2 Å². The molecule has 0 aromatic carbocycles. The molecule has 0 radical (unpaired) electrons. The highest BCUT2D eigenvalue weighted by Gasteiger charge is 2.17. The summed E-state index contributed by atoms with van der Waals surface area (Å²) >= 11 is 0. The monoisotopic (exact) mass is 244 g/mol. The summed E-state index contributed by atoms with van der Waals surface area (Å²) in [7, 11) is 0. The highest BCUT2D eigenvalue weighted by Crippen LogP contribution is 2.17. The lowest BCUT2D eigenvalue weighted by molar-refractivity contribution is -0.123. The smallest absolute Gasteiger partial charge is 0.234 e. The van der Waals surface area contributed by atoms with Gasteiger partial charge in [-0.15, -0.1) is 0 Å². The Morgan fingerprint density at radius 3 is 2.24 bits per heavy atom. The van der Waals surface area contributed by atoms with Crippen molar-refractivity contribution in [2.24, 2.45) is 0 Å². The third-order valence-electron chi connectivity index (χ3n) is 3.17. The lowest BCUT2D eigenvalue weighted by atomic mass is 9.95. The number of amides is 1. The molecule has 1 saturated carbocycles. The predicted octanol–water partition coefficient (Wildman–Crippen LogP) is -0.278. The highest BCUT2D eigenvalue weighted by atomic mass is 16.3. The van der Waals surface area contributed by atoms with Crippen molar-refractivity contribution < 1.29 is 15.0 Å². The third-order valence-corrected chi connectivity index (χ3v) is 3.17. The minimum absolute atomic E-state index is 0.00111. The van der Waals surface area contributed by atoms with Gasteiger partial charge in [-0.25, -0.2) is 0 Å². The van der Waals surface area contributed by atoms with E-state index >= 15 is 0 Å². The van der Waals surface area contributed by atoms with Crippen molar-refractivity contribution in [2.75, 3.05) is 32.8 Å². The zero-order valence-electron chi connectivity index (χ0n) is 10.4. The Hall–Kier alpha value is -0.650. The van der Waals surface area contributed by atoms with Crippen molar-refractivity contribution in [3.05, 3.63) is 0 Å². The van der Waals surface area contributed by atoms with E-state index in [0.29, 0.717) is 19.1 Å². The number of hydrogen-bond donors (Lipinski definition) is 3. The van der Waals surface area contributed by atoms with E-state index in [1.807, 2.05) is 0 Å². The van der Waals surface area contributed by atoms with Gasteiger partial charge in [-0.1, -0.05) is 19.3 Å². The van der Waals surface area contributed by atoms with Crippen LogP contribution in [0.4, 0.5) is 0 Å². The second-order valence-electron chi connectivity index (χ2n) is 4.63. The first-order chi connectivity index (χ1) is 8.26. The van der Waals surface area contributed by atoms with Gasteiger partial charge in [0.15, 0.2) is 0 Å². The number of nitrogens with one attached hydrogen (secondary N) is 1. The van der Waals surface area contributed by atoms with Gasteiger partial charge in [0.1, 0.15) is 0 Å². The van der Waals surface area contributed by atoms with E-state index in [9.17, 15) is 4.79 Å². The number of aliphatic hydroxyl groups excluding tert-OH is 2. The minimum atomic E-state index is -0.00111. The van der Waals surface area contributed by atoms with Crippen LogP contribution < -0.4 is 5.32 Å². The topological polar surface area (TPSA) is 72.8 Å². The lowest BCUT2D eigenvalue weighted by Gasteiger charge is -2.25. The summed E-state index contributed by atoms with van der Waals surface area (Å²) in [4.78, 5) is 13.5. The molecule has 0 heterocycles. The van der Waals surface area contributed by atoms with Crippen molar-refractivity contribution >= 4 is 5.91 Å². The maximum atomic E-state index is 11.8. The average molecular weight is 244 g/mol. The average Bonchev–Trinajstić information content (AvgIpc) is 2.30. The molecule has 1 aliphatic carbocycles. The van der Waals surface area contributed by atoms with Crippen LogP contribution in [0.15, 0.2) is 0 Å². The molecule has 5 nitrogen and oxygen atoms in total. The van der Waals surface area contributed by atoms with E-state index in [0.717, 1.165) is 12.8 Å². The standard InChI is InChI=1S/C12H24N2O3/c15-8-6-14(7-9-16)10-12(17)13-11-4-2-1-3-5-11/h11,15-16H,1-10H2,(H,13,17). The maximum absolute atomic E-state index is 11.8. The molecule has 0 aliphatic heterocycles. The van der Waals surface area contributed by atoms with Crippen LogP contribution in [0.1, 0.15) is 32.1 Å². The summed E-state index contributed by atoms with van der Waals surface area (Å²) in [5.74, 6) is -0.00111. The van der Waals surface area contributed by atoms with E-state index in [2.05, 4.69) is 5.32 Å². The number of nitrogens with zero attached hydrogens (tertiary/aromatic N) is 1. The second kappa shape index (κ2) is 8.44. The van der Waals surface area contributed by atoms with E-state index in [1.165, 1.54) is 19.3 Å². The van der Waals surface area contributed by atoms with Gasteiger partial charge in [0, 0.05) is 19.1 Å². The number of carbonyl (C=O) groups is 1. The zero-order valence-corrected chi connectivity index (χ0v) is 10.4. The quantitative estimate of drug-likeness (QED) is 0.576. The molecule has 17 heavy (non-hydrogen) atoms. The van der Waals surface area contributed by atoms with Crippen LogP contribution in [-0.4, -0.2) is 59.9 Å². The van der Waals surface area contributed by atoms with Gasteiger partial charge in [-0.05, 0) is 12.8 Å². The van der Waals surface area contributed by atoms with Gasteiger partial charge in [-0.3, -0.25) is 9.69 Å². The van der Waals surface area contributed by atoms with Gasteiger partial charge in [0.05, 0.1) is 19.8 Å². The predicted molar refractivity (Wildman–Crippen MR) is 65.6 cm³/mol. The Bertz CT molecular complexity index is 212. The first kappa shape index (κ1) is 14.4. The number of aliphatic hydroxyl groups is 2. The van der Waals surface area contributed by atoms with Crippen molar-refractivity contribution in [3.8, 4) is 0 Å². The zero-order chi connectivity index (χ0) is 12.5. The van der Waals surface area contributed by atoms with E-state index in [-0.39, 0.29) is 25.7 Å². The minimum Gasteiger partial charge on any atom is -0.395 e. The summed E-state index contributed by atoms with van der Waals surface area (Å²) in [6.45, 7) is 1.14. The molecule has 0 saturated heterocycles. The van der Waals surface area contributed by atoms with E-state index < -0.39 is 0 Å². The molecule has 0 aromatic rings. The number of hydrogen-bond acceptors (Lipinski definition) is 4. The molecular weight excluding hydrogens is 220 g/mol. The normalized spacial score (nSPS) is 17.4. The Morgan fingerprint density at radius 1 is 1.12 bits per heavy atom. The van der Waals surface area contributed by atoms with Crippen molar-refractivity contribution in [1.29, 1.82) is 0 Å². The molecule has 0 spiro atoms. The van der Waals surface area contributed by atoms with Gasteiger partial charge < -0.3 is 15.5 Å². The van der Waals surface area contributed by atoms with Crippen LogP contribution in [0, 0.1) is 0 Å². The molecular formula is C12H24N2O3. The summed E-state index contributed by atoms with van der Waals surface area (Å²) in [6.07, 6.45) is 5.81. The number of carbonyl (C=O) groups excluding carboxylic acids is 1. The largest absolute Gasteiger partial charge is 0.395 e. The fourth-order valence-electron chi connectivity index (χ4n) is 2.28. The fourth-order valence-corrected chi connectivity index (χ4v) is 2.28. The van der Waals surface area contributed by atoms with Crippen LogP contribution in [0.2, 0.25) is 0 Å². The Balaban J connectivity index is 2.25. The van der Waals surface area contributed by atoms with Crippen LogP contribution in [-0.2, 0) is 4.79 Å². The SMILES string of the molecule is O=C(CN(CCO)CCO)NC1CCCCC1. The molecule has 100 valence electrons. The second-order valence-corrected chi connectivity index (χ2v) is 4.63. The Labute approximate surface area is 103 Å². The molecule has 3 N–H and O–H groups in total. The van der Waals surface area contributed by atoms with Gasteiger partial charge in [-0.2, -0.15) is 0 Å². The summed E-state index contributed by atoms with van der Waals surface area (Å²) < 4.78 is 0. The first-order valence-electron chi connectivity index (χ1n) is 6.49. The van der Waals surface area contributed by atoms with Crippen LogP contribution in [0.3, 0.4) is 0 Å². The van der Waals surface area contributed by atoms with Gasteiger partial charge >= 0.3 is 0 Å². The molecule has 1 aliphatic rings. The van der Waals surface area contributed by atoms with Crippen molar-refractivity contribution in [1.82, 2.24) is 10.2 Å². The summed E-state index contributed by atoms with van der Waals surface area (Å²) in [5, 5.41) is 20.7. The van der Waals surface area contributed by atoms with Gasteiger partial charge in [0.25, 0.3) is 0 Å². The molecule has 1 fully saturated rings.